The van der Waals surface area contributed by atoms with Crippen LogP contribution in [0.5, 0.6) is 0 Å². The molecule has 0 saturated carbocycles. The summed E-state index contributed by atoms with van der Waals surface area (Å²) < 4.78 is 1.13. The molecule has 0 unspecified atom stereocenters. The van der Waals surface area contributed by atoms with E-state index in [2.05, 4.69) is 16.4 Å². The average molecular weight is 300 g/mol. The van der Waals surface area contributed by atoms with Gasteiger partial charge in [0.15, 0.2) is 5.13 Å². The van der Waals surface area contributed by atoms with Crippen LogP contribution in [0.4, 0.5) is 10.8 Å². The number of aryl methyl sites for hydroxylation is 1. The van der Waals surface area contributed by atoms with Crippen LogP contribution < -0.4 is 5.32 Å². The third kappa shape index (κ3) is 2.34. The van der Waals surface area contributed by atoms with E-state index >= 15 is 0 Å². The fourth-order valence-corrected chi connectivity index (χ4v) is 3.07. The van der Waals surface area contributed by atoms with Crippen LogP contribution >= 0.6 is 22.9 Å². The molecule has 0 atom stereocenters. The van der Waals surface area contributed by atoms with E-state index in [0.29, 0.717) is 16.3 Å². The van der Waals surface area contributed by atoms with Gasteiger partial charge in [-0.05, 0) is 36.8 Å². The Hall–Kier alpha value is -2.09. The first-order valence-corrected chi connectivity index (χ1v) is 7.19. The van der Waals surface area contributed by atoms with Crippen molar-refractivity contribution in [2.24, 2.45) is 0 Å². The highest BCUT2D eigenvalue weighted by atomic mass is 35.5. The van der Waals surface area contributed by atoms with Gasteiger partial charge in [0.25, 0.3) is 0 Å². The molecule has 0 fully saturated rings. The Kier molecular flexibility index (Phi) is 3.31. The Bertz CT molecular complexity index is 833. The van der Waals surface area contributed by atoms with Crippen LogP contribution in [-0.2, 0) is 0 Å². The molecular weight excluding hydrogens is 290 g/mol. The topological polar surface area (TPSA) is 48.7 Å². The zero-order chi connectivity index (χ0) is 14.1. The van der Waals surface area contributed by atoms with Gasteiger partial charge in [-0.1, -0.05) is 35.1 Å². The summed E-state index contributed by atoms with van der Waals surface area (Å²) in [6.07, 6.45) is 0. The van der Waals surface area contributed by atoms with Gasteiger partial charge in [-0.15, -0.1) is 0 Å². The van der Waals surface area contributed by atoms with Crippen molar-refractivity contribution in [2.75, 3.05) is 5.32 Å². The highest BCUT2D eigenvalue weighted by Crippen LogP contribution is 2.32. The summed E-state index contributed by atoms with van der Waals surface area (Å²) in [7, 11) is 0. The minimum atomic E-state index is 0.564. The van der Waals surface area contributed by atoms with Crippen LogP contribution in [0.15, 0.2) is 36.4 Å². The lowest BCUT2D eigenvalue weighted by Gasteiger charge is -2.05. The number of nitrogens with zero attached hydrogens (tertiary/aromatic N) is 2. The summed E-state index contributed by atoms with van der Waals surface area (Å²) in [6.45, 7) is 2.04. The van der Waals surface area contributed by atoms with E-state index in [-0.39, 0.29) is 0 Å². The summed E-state index contributed by atoms with van der Waals surface area (Å²) in [5, 5.41) is 13.5. The van der Waals surface area contributed by atoms with Crippen LogP contribution in [0, 0.1) is 18.3 Å². The summed E-state index contributed by atoms with van der Waals surface area (Å²) in [4.78, 5) is 4.57. The minimum absolute atomic E-state index is 0.564. The van der Waals surface area contributed by atoms with Gasteiger partial charge in [0.2, 0.25) is 0 Å². The normalized spacial score (nSPS) is 10.4. The molecule has 1 aromatic heterocycles. The average Bonchev–Trinajstić information content (AvgIpc) is 2.85. The molecule has 0 radical (unpaired) electrons. The van der Waals surface area contributed by atoms with Gasteiger partial charge in [-0.2, -0.15) is 5.26 Å². The Balaban J connectivity index is 2.01. The number of hydrogen-bond donors (Lipinski definition) is 1. The van der Waals surface area contributed by atoms with Crippen LogP contribution in [0.25, 0.3) is 10.2 Å². The van der Waals surface area contributed by atoms with E-state index < -0.39 is 0 Å². The van der Waals surface area contributed by atoms with E-state index in [1.165, 1.54) is 0 Å². The van der Waals surface area contributed by atoms with Crippen molar-refractivity contribution < 1.29 is 0 Å². The van der Waals surface area contributed by atoms with Gasteiger partial charge >= 0.3 is 0 Å². The molecule has 3 aromatic rings. The number of aromatic nitrogens is 1. The summed E-state index contributed by atoms with van der Waals surface area (Å²) >= 11 is 7.70. The van der Waals surface area contributed by atoms with Gasteiger partial charge in [0.1, 0.15) is 0 Å². The van der Waals surface area contributed by atoms with Gasteiger partial charge in [0, 0.05) is 0 Å². The standard InChI is InChI=1S/C15H10ClN3S/c1-9-3-2-4-13-14(9)19-15(20-13)18-12-7-10(8-17)5-6-11(12)16/h2-7H,1H3,(H,18,19). The second kappa shape index (κ2) is 5.12. The highest BCUT2D eigenvalue weighted by Gasteiger charge is 2.08. The largest absolute Gasteiger partial charge is 0.330 e. The number of halogens is 1. The molecule has 1 N–H and O–H groups in total. The van der Waals surface area contributed by atoms with E-state index in [1.54, 1.807) is 29.5 Å². The Morgan fingerprint density at radius 2 is 2.15 bits per heavy atom. The van der Waals surface area contributed by atoms with E-state index in [9.17, 15) is 0 Å². The summed E-state index contributed by atoms with van der Waals surface area (Å²) in [6, 6.07) is 13.3. The third-order valence-corrected chi connectivity index (χ3v) is 4.22. The van der Waals surface area contributed by atoms with Crippen LogP contribution in [0.2, 0.25) is 5.02 Å². The fourth-order valence-electron chi connectivity index (χ4n) is 1.95. The lowest BCUT2D eigenvalue weighted by molar-refractivity contribution is 1.40. The molecule has 0 aliphatic heterocycles. The zero-order valence-electron chi connectivity index (χ0n) is 10.6. The van der Waals surface area contributed by atoms with E-state index in [1.807, 2.05) is 25.1 Å². The Morgan fingerprint density at radius 1 is 1.30 bits per heavy atom. The molecule has 98 valence electrons. The molecule has 0 aliphatic rings. The monoisotopic (exact) mass is 299 g/mol. The molecule has 3 nitrogen and oxygen atoms in total. The van der Waals surface area contributed by atoms with E-state index in [4.69, 9.17) is 16.9 Å². The molecule has 0 spiro atoms. The molecule has 2 aromatic carbocycles. The second-order valence-electron chi connectivity index (χ2n) is 4.37. The van der Waals surface area contributed by atoms with Crippen LogP contribution in [0.1, 0.15) is 11.1 Å². The number of fused-ring (bicyclic) bond motifs is 1. The van der Waals surface area contributed by atoms with Crippen molar-refractivity contribution in [3.63, 3.8) is 0 Å². The number of para-hydroxylation sites is 1. The zero-order valence-corrected chi connectivity index (χ0v) is 12.2. The number of anilines is 2. The maximum absolute atomic E-state index is 8.94. The van der Waals surface area contributed by atoms with Crippen molar-refractivity contribution in [1.82, 2.24) is 4.98 Å². The molecule has 0 saturated heterocycles. The Morgan fingerprint density at radius 3 is 2.90 bits per heavy atom. The quantitative estimate of drug-likeness (QED) is 0.734. The first-order valence-electron chi connectivity index (χ1n) is 6.00. The SMILES string of the molecule is Cc1cccc2sc(Nc3cc(C#N)ccc3Cl)nc12. The maximum Gasteiger partial charge on any atom is 0.188 e. The molecular formula is C15H10ClN3S. The number of benzene rings is 2. The molecule has 5 heteroatoms. The van der Waals surface area contributed by atoms with Crippen molar-refractivity contribution in [2.45, 2.75) is 6.92 Å². The Labute approximate surface area is 125 Å². The minimum Gasteiger partial charge on any atom is -0.330 e. The van der Waals surface area contributed by atoms with Gasteiger partial charge in [0.05, 0.1) is 32.6 Å². The van der Waals surface area contributed by atoms with Crippen molar-refractivity contribution in [1.29, 1.82) is 5.26 Å². The number of thiazole rings is 1. The predicted octanol–water partition coefficient (Wildman–Crippen LogP) is 4.87. The highest BCUT2D eigenvalue weighted by molar-refractivity contribution is 7.22. The number of hydrogen-bond acceptors (Lipinski definition) is 4. The molecule has 1 heterocycles. The molecule has 0 amide bonds. The third-order valence-electron chi connectivity index (χ3n) is 2.96. The van der Waals surface area contributed by atoms with Crippen molar-refractivity contribution >= 4 is 44.0 Å². The number of rotatable bonds is 2. The molecule has 3 rings (SSSR count). The fraction of sp³-hybridized carbons (Fsp3) is 0.0667. The second-order valence-corrected chi connectivity index (χ2v) is 5.81. The first-order chi connectivity index (χ1) is 9.67. The number of nitrogens with one attached hydrogen (secondary N) is 1. The van der Waals surface area contributed by atoms with Gasteiger partial charge < -0.3 is 5.32 Å². The van der Waals surface area contributed by atoms with Crippen molar-refractivity contribution in [3.8, 4) is 6.07 Å². The van der Waals surface area contributed by atoms with Gasteiger partial charge in [-0.25, -0.2) is 4.98 Å². The smallest absolute Gasteiger partial charge is 0.188 e. The maximum atomic E-state index is 8.94. The first kappa shape index (κ1) is 12.9. The molecule has 0 bridgehead atoms. The number of nitriles is 1. The molecule has 0 aliphatic carbocycles. The van der Waals surface area contributed by atoms with E-state index in [0.717, 1.165) is 20.9 Å². The predicted molar refractivity (Wildman–Crippen MR) is 83.8 cm³/mol. The van der Waals surface area contributed by atoms with Crippen LogP contribution in [-0.4, -0.2) is 4.98 Å². The molecule has 20 heavy (non-hydrogen) atoms. The summed E-state index contributed by atoms with van der Waals surface area (Å²) in [5.41, 5.74) is 3.40. The summed E-state index contributed by atoms with van der Waals surface area (Å²) in [5.74, 6) is 0. The lowest BCUT2D eigenvalue weighted by atomic mass is 10.2. The van der Waals surface area contributed by atoms with Crippen molar-refractivity contribution in [3.05, 3.63) is 52.5 Å². The lowest BCUT2D eigenvalue weighted by Crippen LogP contribution is -1.91. The van der Waals surface area contributed by atoms with Crippen LogP contribution in [0.3, 0.4) is 0 Å². The van der Waals surface area contributed by atoms with Gasteiger partial charge in [-0.3, -0.25) is 0 Å².